The molecule has 2 rings (SSSR count). The summed E-state index contributed by atoms with van der Waals surface area (Å²) in [5.74, 6) is -0.213. The number of hydrogen-bond acceptors (Lipinski definition) is 2. The molecule has 0 aromatic heterocycles. The standard InChI is InChI=1S/C17H21FN2/c1-3-20(17-6-4-5-15(18)12-17)16-9-7-14(8-10-16)11-13(2)19/h4-10,12-13H,3,11,19H2,1-2H3. The lowest BCUT2D eigenvalue weighted by molar-refractivity contribution is 0.627. The molecule has 1 atom stereocenters. The Morgan fingerprint density at radius 3 is 2.35 bits per heavy atom. The van der Waals surface area contributed by atoms with E-state index in [1.807, 2.05) is 13.0 Å². The highest BCUT2D eigenvalue weighted by Crippen LogP contribution is 2.26. The molecule has 2 nitrogen and oxygen atoms in total. The maximum absolute atomic E-state index is 13.3. The molecule has 2 aromatic carbocycles. The zero-order chi connectivity index (χ0) is 14.5. The third-order valence-electron chi connectivity index (χ3n) is 3.24. The molecule has 0 fully saturated rings. The van der Waals surface area contributed by atoms with Crippen LogP contribution in [0, 0.1) is 5.82 Å². The summed E-state index contributed by atoms with van der Waals surface area (Å²) in [6, 6.07) is 15.1. The van der Waals surface area contributed by atoms with Gasteiger partial charge in [0.2, 0.25) is 0 Å². The van der Waals surface area contributed by atoms with Crippen LogP contribution in [0.5, 0.6) is 0 Å². The van der Waals surface area contributed by atoms with Crippen molar-refractivity contribution in [3.63, 3.8) is 0 Å². The molecule has 0 aliphatic carbocycles. The van der Waals surface area contributed by atoms with Crippen LogP contribution >= 0.6 is 0 Å². The van der Waals surface area contributed by atoms with Gasteiger partial charge in [-0.3, -0.25) is 0 Å². The van der Waals surface area contributed by atoms with Crippen molar-refractivity contribution in [2.75, 3.05) is 11.4 Å². The van der Waals surface area contributed by atoms with Gasteiger partial charge in [-0.2, -0.15) is 0 Å². The number of rotatable bonds is 5. The highest BCUT2D eigenvalue weighted by Gasteiger charge is 2.08. The van der Waals surface area contributed by atoms with Crippen molar-refractivity contribution >= 4 is 11.4 Å². The molecular weight excluding hydrogens is 251 g/mol. The van der Waals surface area contributed by atoms with E-state index >= 15 is 0 Å². The Labute approximate surface area is 120 Å². The number of nitrogens with zero attached hydrogens (tertiary/aromatic N) is 1. The minimum Gasteiger partial charge on any atom is -0.342 e. The van der Waals surface area contributed by atoms with E-state index in [9.17, 15) is 4.39 Å². The first kappa shape index (κ1) is 14.5. The first-order chi connectivity index (χ1) is 9.60. The van der Waals surface area contributed by atoms with Crippen molar-refractivity contribution in [2.24, 2.45) is 5.73 Å². The average Bonchev–Trinajstić information content (AvgIpc) is 2.41. The molecule has 0 saturated carbocycles. The largest absolute Gasteiger partial charge is 0.342 e. The first-order valence-electron chi connectivity index (χ1n) is 6.97. The zero-order valence-electron chi connectivity index (χ0n) is 12.0. The predicted octanol–water partition coefficient (Wildman–Crippen LogP) is 3.87. The smallest absolute Gasteiger partial charge is 0.125 e. The average molecular weight is 272 g/mol. The van der Waals surface area contributed by atoms with E-state index in [1.54, 1.807) is 12.1 Å². The highest BCUT2D eigenvalue weighted by atomic mass is 19.1. The Hall–Kier alpha value is -1.87. The van der Waals surface area contributed by atoms with Gasteiger partial charge in [0.25, 0.3) is 0 Å². The van der Waals surface area contributed by atoms with Crippen LogP contribution in [0.1, 0.15) is 19.4 Å². The second-order valence-electron chi connectivity index (χ2n) is 5.07. The SMILES string of the molecule is CCN(c1ccc(CC(C)N)cc1)c1cccc(F)c1. The molecule has 2 aromatic rings. The molecule has 0 radical (unpaired) electrons. The van der Waals surface area contributed by atoms with Gasteiger partial charge in [-0.15, -0.1) is 0 Å². The lowest BCUT2D eigenvalue weighted by Gasteiger charge is -2.23. The fraction of sp³-hybridized carbons (Fsp3) is 0.294. The fourth-order valence-corrected chi connectivity index (χ4v) is 2.34. The van der Waals surface area contributed by atoms with Gasteiger partial charge in [0.15, 0.2) is 0 Å². The van der Waals surface area contributed by atoms with E-state index in [-0.39, 0.29) is 11.9 Å². The quantitative estimate of drug-likeness (QED) is 0.895. The zero-order valence-corrected chi connectivity index (χ0v) is 12.0. The Bertz CT molecular complexity index is 549. The normalized spacial score (nSPS) is 12.2. The highest BCUT2D eigenvalue weighted by molar-refractivity contribution is 5.63. The van der Waals surface area contributed by atoms with E-state index in [0.29, 0.717) is 0 Å². The molecule has 0 aliphatic rings. The van der Waals surface area contributed by atoms with Crippen molar-refractivity contribution in [3.05, 3.63) is 59.9 Å². The van der Waals surface area contributed by atoms with E-state index in [0.717, 1.165) is 24.3 Å². The summed E-state index contributed by atoms with van der Waals surface area (Å²) >= 11 is 0. The molecule has 0 bridgehead atoms. The van der Waals surface area contributed by atoms with Crippen molar-refractivity contribution < 1.29 is 4.39 Å². The number of hydrogen-bond donors (Lipinski definition) is 1. The number of anilines is 2. The van der Waals surface area contributed by atoms with Gasteiger partial charge >= 0.3 is 0 Å². The molecule has 0 heterocycles. The van der Waals surface area contributed by atoms with Crippen LogP contribution in [0.15, 0.2) is 48.5 Å². The fourth-order valence-electron chi connectivity index (χ4n) is 2.34. The van der Waals surface area contributed by atoms with E-state index < -0.39 is 0 Å². The molecule has 0 amide bonds. The summed E-state index contributed by atoms with van der Waals surface area (Å²) in [6.45, 7) is 4.84. The molecule has 2 N–H and O–H groups in total. The summed E-state index contributed by atoms with van der Waals surface area (Å²) in [5, 5.41) is 0. The number of nitrogens with two attached hydrogens (primary N) is 1. The second kappa shape index (κ2) is 6.53. The van der Waals surface area contributed by atoms with Crippen LogP contribution in [0.4, 0.5) is 15.8 Å². The lowest BCUT2D eigenvalue weighted by Crippen LogP contribution is -2.18. The summed E-state index contributed by atoms with van der Waals surface area (Å²) in [4.78, 5) is 2.08. The van der Waals surface area contributed by atoms with E-state index in [4.69, 9.17) is 5.73 Å². The van der Waals surface area contributed by atoms with Gasteiger partial charge in [0, 0.05) is 24.0 Å². The van der Waals surface area contributed by atoms with Gasteiger partial charge in [0.05, 0.1) is 0 Å². The van der Waals surface area contributed by atoms with Gasteiger partial charge < -0.3 is 10.6 Å². The van der Waals surface area contributed by atoms with Crippen LogP contribution in [0.25, 0.3) is 0 Å². The first-order valence-corrected chi connectivity index (χ1v) is 6.97. The van der Waals surface area contributed by atoms with Gasteiger partial charge in [-0.05, 0) is 56.2 Å². The Balaban J connectivity index is 2.23. The number of benzene rings is 2. The third-order valence-corrected chi connectivity index (χ3v) is 3.24. The molecule has 1 unspecified atom stereocenters. The van der Waals surface area contributed by atoms with Crippen molar-refractivity contribution in [1.29, 1.82) is 0 Å². The Morgan fingerprint density at radius 2 is 1.80 bits per heavy atom. The molecule has 0 aliphatic heterocycles. The minimum absolute atomic E-state index is 0.159. The van der Waals surface area contributed by atoms with E-state index in [1.165, 1.54) is 11.6 Å². The maximum atomic E-state index is 13.3. The molecular formula is C17H21FN2. The van der Waals surface area contributed by atoms with Crippen LogP contribution in [0.3, 0.4) is 0 Å². The lowest BCUT2D eigenvalue weighted by atomic mass is 10.1. The van der Waals surface area contributed by atoms with Crippen LogP contribution in [0.2, 0.25) is 0 Å². The van der Waals surface area contributed by atoms with Crippen molar-refractivity contribution in [3.8, 4) is 0 Å². The molecule has 3 heteroatoms. The van der Waals surface area contributed by atoms with Crippen LogP contribution in [-0.2, 0) is 6.42 Å². The Kier molecular flexibility index (Phi) is 4.74. The van der Waals surface area contributed by atoms with Gasteiger partial charge in [-0.25, -0.2) is 4.39 Å². The van der Waals surface area contributed by atoms with Crippen molar-refractivity contribution in [2.45, 2.75) is 26.3 Å². The van der Waals surface area contributed by atoms with Gasteiger partial charge in [0.1, 0.15) is 5.82 Å². The molecule has 20 heavy (non-hydrogen) atoms. The topological polar surface area (TPSA) is 29.3 Å². The second-order valence-corrected chi connectivity index (χ2v) is 5.07. The maximum Gasteiger partial charge on any atom is 0.125 e. The molecule has 106 valence electrons. The van der Waals surface area contributed by atoms with E-state index in [2.05, 4.69) is 36.1 Å². The monoisotopic (exact) mass is 272 g/mol. The summed E-state index contributed by atoms with van der Waals surface area (Å²) < 4.78 is 13.3. The third kappa shape index (κ3) is 3.58. The van der Waals surface area contributed by atoms with Gasteiger partial charge in [-0.1, -0.05) is 18.2 Å². The minimum atomic E-state index is -0.213. The molecule has 0 spiro atoms. The predicted molar refractivity (Wildman–Crippen MR) is 82.9 cm³/mol. The molecule has 0 saturated heterocycles. The van der Waals surface area contributed by atoms with Crippen molar-refractivity contribution in [1.82, 2.24) is 0 Å². The van der Waals surface area contributed by atoms with Crippen LogP contribution < -0.4 is 10.6 Å². The summed E-state index contributed by atoms with van der Waals surface area (Å²) in [6.07, 6.45) is 0.867. The summed E-state index contributed by atoms with van der Waals surface area (Å²) in [7, 11) is 0. The Morgan fingerprint density at radius 1 is 1.10 bits per heavy atom. The van der Waals surface area contributed by atoms with Crippen LogP contribution in [-0.4, -0.2) is 12.6 Å². The summed E-state index contributed by atoms with van der Waals surface area (Å²) in [5.41, 5.74) is 8.96. The number of halogens is 1.